The van der Waals surface area contributed by atoms with Crippen molar-refractivity contribution in [3.8, 4) is 0 Å². The third-order valence-electron chi connectivity index (χ3n) is 4.51. The summed E-state index contributed by atoms with van der Waals surface area (Å²) < 4.78 is 5.73. The van der Waals surface area contributed by atoms with Crippen molar-refractivity contribution in [2.45, 2.75) is 20.1 Å². The molecule has 0 saturated carbocycles. The smallest absolute Gasteiger partial charge is 0.191 e. The van der Waals surface area contributed by atoms with Crippen molar-refractivity contribution >= 4 is 11.6 Å². The third-order valence-corrected chi connectivity index (χ3v) is 4.51. The van der Waals surface area contributed by atoms with Crippen molar-refractivity contribution in [1.82, 2.24) is 10.6 Å². The molecule has 0 spiro atoms. The predicted octanol–water partition coefficient (Wildman–Crippen LogP) is 3.33. The highest BCUT2D eigenvalue weighted by Crippen LogP contribution is 2.18. The van der Waals surface area contributed by atoms with E-state index in [1.54, 1.807) is 0 Å². The highest BCUT2D eigenvalue weighted by atomic mass is 16.5. The SMILES string of the molecule is CCNC(=NCc1cccc(N2CC=CC2)c1)NCCOCc1ccccc1. The van der Waals surface area contributed by atoms with E-state index in [4.69, 9.17) is 9.73 Å². The minimum Gasteiger partial charge on any atom is -0.375 e. The van der Waals surface area contributed by atoms with Gasteiger partial charge in [0.2, 0.25) is 0 Å². The normalized spacial score (nSPS) is 13.8. The van der Waals surface area contributed by atoms with Crippen molar-refractivity contribution in [1.29, 1.82) is 0 Å². The van der Waals surface area contributed by atoms with Gasteiger partial charge < -0.3 is 20.3 Å². The number of aliphatic imine (C=N–C) groups is 1. The van der Waals surface area contributed by atoms with Crippen LogP contribution >= 0.6 is 0 Å². The molecule has 1 aliphatic rings. The topological polar surface area (TPSA) is 48.9 Å². The zero-order chi connectivity index (χ0) is 19.4. The monoisotopic (exact) mass is 378 g/mol. The largest absolute Gasteiger partial charge is 0.375 e. The van der Waals surface area contributed by atoms with Crippen molar-refractivity contribution in [2.24, 2.45) is 4.99 Å². The molecule has 3 rings (SSSR count). The number of anilines is 1. The van der Waals surface area contributed by atoms with Crippen LogP contribution in [0.4, 0.5) is 5.69 Å². The summed E-state index contributed by atoms with van der Waals surface area (Å²) in [6.45, 7) is 7.51. The first kappa shape index (κ1) is 20.0. The maximum Gasteiger partial charge on any atom is 0.191 e. The second-order valence-corrected chi connectivity index (χ2v) is 6.71. The number of nitrogens with zero attached hydrogens (tertiary/aromatic N) is 2. The molecule has 2 aromatic carbocycles. The lowest BCUT2D eigenvalue weighted by molar-refractivity contribution is 0.125. The summed E-state index contributed by atoms with van der Waals surface area (Å²) in [7, 11) is 0. The van der Waals surface area contributed by atoms with Gasteiger partial charge in [-0.05, 0) is 30.2 Å². The quantitative estimate of drug-likeness (QED) is 0.304. The number of guanidine groups is 1. The Morgan fingerprint density at radius 1 is 1.00 bits per heavy atom. The molecule has 0 fully saturated rings. The summed E-state index contributed by atoms with van der Waals surface area (Å²) in [5, 5.41) is 6.63. The third kappa shape index (κ3) is 6.43. The van der Waals surface area contributed by atoms with Crippen LogP contribution in [-0.4, -0.2) is 38.7 Å². The maximum atomic E-state index is 5.73. The second kappa shape index (κ2) is 11.1. The predicted molar refractivity (Wildman–Crippen MR) is 117 cm³/mol. The van der Waals surface area contributed by atoms with Crippen molar-refractivity contribution in [2.75, 3.05) is 37.7 Å². The molecule has 0 bridgehead atoms. The Kier molecular flexibility index (Phi) is 7.94. The molecular weight excluding hydrogens is 348 g/mol. The summed E-state index contributed by atoms with van der Waals surface area (Å²) in [6.07, 6.45) is 4.41. The van der Waals surface area contributed by atoms with E-state index in [1.165, 1.54) is 16.8 Å². The highest BCUT2D eigenvalue weighted by Gasteiger charge is 2.07. The minimum absolute atomic E-state index is 0.633. The molecular formula is C23H30N4O. The first-order chi connectivity index (χ1) is 13.8. The van der Waals surface area contributed by atoms with Gasteiger partial charge >= 0.3 is 0 Å². The van der Waals surface area contributed by atoms with E-state index in [-0.39, 0.29) is 0 Å². The molecule has 2 aromatic rings. The lowest BCUT2D eigenvalue weighted by atomic mass is 10.2. The van der Waals surface area contributed by atoms with Crippen LogP contribution in [0.3, 0.4) is 0 Å². The molecule has 0 unspecified atom stereocenters. The van der Waals surface area contributed by atoms with Gasteiger partial charge in [-0.2, -0.15) is 0 Å². The number of rotatable bonds is 9. The molecule has 0 saturated heterocycles. The molecule has 0 amide bonds. The molecule has 1 aliphatic heterocycles. The van der Waals surface area contributed by atoms with Crippen LogP contribution in [0.2, 0.25) is 0 Å². The number of hydrogen-bond donors (Lipinski definition) is 2. The van der Waals surface area contributed by atoms with Crippen LogP contribution in [0.15, 0.2) is 71.7 Å². The number of nitrogens with one attached hydrogen (secondary N) is 2. The Morgan fingerprint density at radius 2 is 1.79 bits per heavy atom. The molecule has 0 atom stereocenters. The Bertz CT molecular complexity index is 765. The minimum atomic E-state index is 0.633. The summed E-state index contributed by atoms with van der Waals surface area (Å²) in [5.41, 5.74) is 3.66. The number of benzene rings is 2. The van der Waals surface area contributed by atoms with Crippen LogP contribution in [0.5, 0.6) is 0 Å². The molecule has 2 N–H and O–H groups in total. The summed E-state index contributed by atoms with van der Waals surface area (Å²) in [4.78, 5) is 7.06. The van der Waals surface area contributed by atoms with Crippen LogP contribution in [0, 0.1) is 0 Å². The molecule has 0 radical (unpaired) electrons. The lowest BCUT2D eigenvalue weighted by Crippen LogP contribution is -2.38. The Hall–Kier alpha value is -2.79. The van der Waals surface area contributed by atoms with E-state index < -0.39 is 0 Å². The Labute approximate surface area is 168 Å². The van der Waals surface area contributed by atoms with Crippen LogP contribution in [0.25, 0.3) is 0 Å². The summed E-state index contributed by atoms with van der Waals surface area (Å²) >= 11 is 0. The lowest BCUT2D eigenvalue weighted by Gasteiger charge is -2.18. The van der Waals surface area contributed by atoms with Crippen molar-refractivity contribution in [3.05, 3.63) is 77.9 Å². The van der Waals surface area contributed by atoms with E-state index in [0.29, 0.717) is 19.8 Å². The number of ether oxygens (including phenoxy) is 1. The van der Waals surface area contributed by atoms with Gasteiger partial charge in [0.05, 0.1) is 19.8 Å². The van der Waals surface area contributed by atoms with Gasteiger partial charge in [0.15, 0.2) is 5.96 Å². The maximum absolute atomic E-state index is 5.73. The fourth-order valence-electron chi connectivity index (χ4n) is 3.06. The van der Waals surface area contributed by atoms with E-state index in [9.17, 15) is 0 Å². The van der Waals surface area contributed by atoms with Gasteiger partial charge in [-0.25, -0.2) is 4.99 Å². The standard InChI is InChI=1S/C23H30N4O/c1-2-24-23(25-13-16-28-19-20-9-4-3-5-10-20)26-18-21-11-8-12-22(17-21)27-14-6-7-15-27/h3-12,17H,2,13-16,18-19H2,1H3,(H2,24,25,26). The van der Waals surface area contributed by atoms with E-state index in [1.807, 2.05) is 18.2 Å². The van der Waals surface area contributed by atoms with Gasteiger partial charge in [0.1, 0.15) is 0 Å². The van der Waals surface area contributed by atoms with E-state index in [2.05, 4.69) is 71.0 Å². The van der Waals surface area contributed by atoms with Gasteiger partial charge in [-0.1, -0.05) is 54.6 Å². The first-order valence-electron chi connectivity index (χ1n) is 9.98. The first-order valence-corrected chi connectivity index (χ1v) is 9.98. The zero-order valence-electron chi connectivity index (χ0n) is 16.6. The summed E-state index contributed by atoms with van der Waals surface area (Å²) in [5.74, 6) is 0.819. The molecule has 5 heteroatoms. The van der Waals surface area contributed by atoms with Gasteiger partial charge in [0, 0.05) is 31.9 Å². The molecule has 148 valence electrons. The molecule has 28 heavy (non-hydrogen) atoms. The second-order valence-electron chi connectivity index (χ2n) is 6.71. The van der Waals surface area contributed by atoms with Gasteiger partial charge in [-0.15, -0.1) is 0 Å². The van der Waals surface area contributed by atoms with Crippen LogP contribution in [0.1, 0.15) is 18.1 Å². The fraction of sp³-hybridized carbons (Fsp3) is 0.348. The average Bonchev–Trinajstić information content (AvgIpc) is 3.28. The molecule has 0 aromatic heterocycles. The summed E-state index contributed by atoms with van der Waals surface area (Å²) in [6, 6.07) is 18.8. The van der Waals surface area contributed by atoms with Crippen molar-refractivity contribution < 1.29 is 4.74 Å². The van der Waals surface area contributed by atoms with Gasteiger partial charge in [-0.3, -0.25) is 0 Å². The number of hydrogen-bond acceptors (Lipinski definition) is 3. The zero-order valence-corrected chi connectivity index (χ0v) is 16.6. The van der Waals surface area contributed by atoms with E-state index in [0.717, 1.165) is 32.1 Å². The average molecular weight is 379 g/mol. The molecule has 0 aliphatic carbocycles. The highest BCUT2D eigenvalue weighted by molar-refractivity contribution is 5.79. The fourth-order valence-corrected chi connectivity index (χ4v) is 3.06. The van der Waals surface area contributed by atoms with Crippen molar-refractivity contribution in [3.63, 3.8) is 0 Å². The van der Waals surface area contributed by atoms with Crippen LogP contribution in [-0.2, 0) is 17.9 Å². The van der Waals surface area contributed by atoms with Crippen LogP contribution < -0.4 is 15.5 Å². The van der Waals surface area contributed by atoms with Gasteiger partial charge in [0.25, 0.3) is 0 Å². The Balaban J connectivity index is 1.45. The van der Waals surface area contributed by atoms with E-state index >= 15 is 0 Å². The molecule has 5 nitrogen and oxygen atoms in total. The Morgan fingerprint density at radius 3 is 2.57 bits per heavy atom. The molecule has 1 heterocycles.